The molecule has 1 aromatic carbocycles. The molecule has 1 heterocycles. The summed E-state index contributed by atoms with van der Waals surface area (Å²) in [6.45, 7) is 0.442. The maximum absolute atomic E-state index is 10.8. The number of carboxylic acid groups (broad SMARTS) is 1. The molecule has 2 rings (SSSR count). The molecule has 1 aromatic rings. The lowest BCUT2D eigenvalue weighted by molar-refractivity contribution is 0.0692. The minimum absolute atomic E-state index is 0.224. The van der Waals surface area contributed by atoms with Crippen molar-refractivity contribution in [2.24, 2.45) is 0 Å². The number of carboxylic acids is 1. The quantitative estimate of drug-likeness (QED) is 0.709. The molecule has 0 bridgehead atoms. The predicted octanol–water partition coefficient (Wildman–Crippen LogP) is 1.79. The SMILES string of the molecule is O=C(O)c1cccc2c1OCC=C2. The van der Waals surface area contributed by atoms with E-state index in [0.29, 0.717) is 12.4 Å². The number of para-hydroxylation sites is 1. The lowest BCUT2D eigenvalue weighted by Gasteiger charge is -2.13. The third kappa shape index (κ3) is 1.28. The first-order chi connectivity index (χ1) is 6.29. The summed E-state index contributed by atoms with van der Waals surface area (Å²) in [4.78, 5) is 10.8. The second-order valence-corrected chi connectivity index (χ2v) is 2.74. The highest BCUT2D eigenvalue weighted by Crippen LogP contribution is 2.27. The van der Waals surface area contributed by atoms with E-state index in [-0.39, 0.29) is 5.56 Å². The van der Waals surface area contributed by atoms with Gasteiger partial charge in [0.2, 0.25) is 0 Å². The normalized spacial score (nSPS) is 13.2. The minimum Gasteiger partial charge on any atom is -0.488 e. The number of ether oxygens (including phenoxy) is 1. The fourth-order valence-corrected chi connectivity index (χ4v) is 1.32. The van der Waals surface area contributed by atoms with Crippen LogP contribution >= 0.6 is 0 Å². The number of hydrogen-bond acceptors (Lipinski definition) is 2. The van der Waals surface area contributed by atoms with Crippen molar-refractivity contribution in [2.45, 2.75) is 0 Å². The van der Waals surface area contributed by atoms with Gasteiger partial charge in [0.25, 0.3) is 0 Å². The van der Waals surface area contributed by atoms with Crippen molar-refractivity contribution >= 4 is 12.0 Å². The van der Waals surface area contributed by atoms with Crippen LogP contribution in [0.2, 0.25) is 0 Å². The van der Waals surface area contributed by atoms with Crippen molar-refractivity contribution < 1.29 is 14.6 Å². The first kappa shape index (κ1) is 7.86. The Labute approximate surface area is 75.3 Å². The molecule has 0 radical (unpaired) electrons. The monoisotopic (exact) mass is 176 g/mol. The highest BCUT2D eigenvalue weighted by atomic mass is 16.5. The van der Waals surface area contributed by atoms with Crippen LogP contribution in [0.25, 0.3) is 6.08 Å². The first-order valence-electron chi connectivity index (χ1n) is 3.94. The smallest absolute Gasteiger partial charge is 0.339 e. The van der Waals surface area contributed by atoms with Crippen LogP contribution in [0.3, 0.4) is 0 Å². The Bertz CT molecular complexity index is 380. The first-order valence-corrected chi connectivity index (χ1v) is 3.94. The van der Waals surface area contributed by atoms with Gasteiger partial charge in [-0.2, -0.15) is 0 Å². The largest absolute Gasteiger partial charge is 0.488 e. The summed E-state index contributed by atoms with van der Waals surface area (Å²) in [6, 6.07) is 5.08. The van der Waals surface area contributed by atoms with Crippen LogP contribution < -0.4 is 4.74 Å². The zero-order valence-electron chi connectivity index (χ0n) is 6.86. The lowest BCUT2D eigenvalue weighted by atomic mass is 10.1. The van der Waals surface area contributed by atoms with E-state index in [0.717, 1.165) is 5.56 Å². The Morgan fingerprint density at radius 3 is 3.08 bits per heavy atom. The van der Waals surface area contributed by atoms with Gasteiger partial charge in [0.15, 0.2) is 0 Å². The average molecular weight is 176 g/mol. The maximum atomic E-state index is 10.8. The summed E-state index contributed by atoms with van der Waals surface area (Å²) in [5.41, 5.74) is 1.05. The Hall–Kier alpha value is -1.77. The van der Waals surface area contributed by atoms with Gasteiger partial charge in [0, 0.05) is 5.56 Å². The van der Waals surface area contributed by atoms with Crippen molar-refractivity contribution in [1.29, 1.82) is 0 Å². The summed E-state index contributed by atoms with van der Waals surface area (Å²) in [6.07, 6.45) is 3.72. The fourth-order valence-electron chi connectivity index (χ4n) is 1.32. The third-order valence-corrected chi connectivity index (χ3v) is 1.90. The second kappa shape index (κ2) is 2.94. The van der Waals surface area contributed by atoms with Gasteiger partial charge in [-0.05, 0) is 12.1 Å². The van der Waals surface area contributed by atoms with Crippen molar-refractivity contribution in [3.63, 3.8) is 0 Å². The van der Waals surface area contributed by atoms with E-state index in [2.05, 4.69) is 0 Å². The molecular formula is C10H8O3. The number of hydrogen-bond donors (Lipinski definition) is 1. The summed E-state index contributed by atoms with van der Waals surface area (Å²) < 4.78 is 5.25. The van der Waals surface area contributed by atoms with Crippen LogP contribution in [0.5, 0.6) is 5.75 Å². The zero-order chi connectivity index (χ0) is 9.26. The van der Waals surface area contributed by atoms with Crippen molar-refractivity contribution in [1.82, 2.24) is 0 Å². The van der Waals surface area contributed by atoms with E-state index in [9.17, 15) is 4.79 Å². The Balaban J connectivity index is 2.59. The molecular weight excluding hydrogens is 168 g/mol. The molecule has 0 fully saturated rings. The van der Waals surface area contributed by atoms with Crippen LogP contribution in [0.4, 0.5) is 0 Å². The standard InChI is InChI=1S/C10H8O3/c11-10(12)8-5-1-3-7-4-2-6-13-9(7)8/h1-5H,6H2,(H,11,12). The summed E-state index contributed by atoms with van der Waals surface area (Å²) in [5, 5.41) is 8.84. The van der Waals surface area contributed by atoms with Gasteiger partial charge in [-0.1, -0.05) is 18.2 Å². The third-order valence-electron chi connectivity index (χ3n) is 1.90. The molecule has 1 N–H and O–H groups in total. The average Bonchev–Trinajstić information content (AvgIpc) is 2.17. The van der Waals surface area contributed by atoms with Crippen LogP contribution in [0.1, 0.15) is 15.9 Å². The van der Waals surface area contributed by atoms with Crippen LogP contribution in [-0.4, -0.2) is 17.7 Å². The fraction of sp³-hybridized carbons (Fsp3) is 0.100. The molecule has 66 valence electrons. The van der Waals surface area contributed by atoms with E-state index >= 15 is 0 Å². The second-order valence-electron chi connectivity index (χ2n) is 2.74. The molecule has 3 heteroatoms. The predicted molar refractivity (Wildman–Crippen MR) is 47.9 cm³/mol. The lowest BCUT2D eigenvalue weighted by Crippen LogP contribution is -2.07. The molecule has 0 saturated heterocycles. The van der Waals surface area contributed by atoms with E-state index in [1.807, 2.05) is 18.2 Å². The van der Waals surface area contributed by atoms with Gasteiger partial charge in [0.1, 0.15) is 17.9 Å². The van der Waals surface area contributed by atoms with Gasteiger partial charge in [0.05, 0.1) is 0 Å². The van der Waals surface area contributed by atoms with Crippen molar-refractivity contribution in [3.8, 4) is 5.75 Å². The topological polar surface area (TPSA) is 46.5 Å². The van der Waals surface area contributed by atoms with E-state index in [4.69, 9.17) is 9.84 Å². The van der Waals surface area contributed by atoms with Gasteiger partial charge in [-0.15, -0.1) is 0 Å². The number of rotatable bonds is 1. The molecule has 0 amide bonds. The number of fused-ring (bicyclic) bond motifs is 1. The minimum atomic E-state index is -0.952. The van der Waals surface area contributed by atoms with Crippen LogP contribution in [-0.2, 0) is 0 Å². The molecule has 0 atom stereocenters. The number of carbonyl (C=O) groups is 1. The van der Waals surface area contributed by atoms with E-state index in [1.165, 1.54) is 0 Å². The van der Waals surface area contributed by atoms with Gasteiger partial charge >= 0.3 is 5.97 Å². The maximum Gasteiger partial charge on any atom is 0.339 e. The highest BCUT2D eigenvalue weighted by molar-refractivity contribution is 5.92. The molecule has 13 heavy (non-hydrogen) atoms. The number of benzene rings is 1. The Morgan fingerprint density at radius 2 is 2.31 bits per heavy atom. The molecule has 0 aromatic heterocycles. The van der Waals surface area contributed by atoms with Crippen molar-refractivity contribution in [3.05, 3.63) is 35.4 Å². The Morgan fingerprint density at radius 1 is 1.46 bits per heavy atom. The molecule has 1 aliphatic rings. The molecule has 1 aliphatic heterocycles. The molecule has 0 aliphatic carbocycles. The Kier molecular flexibility index (Phi) is 1.77. The molecule has 0 spiro atoms. The summed E-state index contributed by atoms with van der Waals surface area (Å²) in [5.74, 6) is -0.482. The van der Waals surface area contributed by atoms with Gasteiger partial charge in [-0.3, -0.25) is 0 Å². The highest BCUT2D eigenvalue weighted by Gasteiger charge is 2.15. The van der Waals surface area contributed by atoms with E-state index < -0.39 is 5.97 Å². The number of aromatic carboxylic acids is 1. The van der Waals surface area contributed by atoms with Crippen LogP contribution in [0.15, 0.2) is 24.3 Å². The van der Waals surface area contributed by atoms with Crippen molar-refractivity contribution in [2.75, 3.05) is 6.61 Å². The van der Waals surface area contributed by atoms with Gasteiger partial charge in [-0.25, -0.2) is 4.79 Å². The van der Waals surface area contributed by atoms with E-state index in [1.54, 1.807) is 12.1 Å². The zero-order valence-corrected chi connectivity index (χ0v) is 6.86. The summed E-state index contributed by atoms with van der Waals surface area (Å²) >= 11 is 0. The molecule has 0 saturated carbocycles. The van der Waals surface area contributed by atoms with Gasteiger partial charge < -0.3 is 9.84 Å². The van der Waals surface area contributed by atoms with Crippen LogP contribution in [0, 0.1) is 0 Å². The summed E-state index contributed by atoms with van der Waals surface area (Å²) in [7, 11) is 0. The molecule has 3 nitrogen and oxygen atoms in total. The molecule has 0 unspecified atom stereocenters.